The first-order valence-corrected chi connectivity index (χ1v) is 5.98. The minimum atomic E-state index is -0.865. The van der Waals surface area contributed by atoms with Crippen LogP contribution in [-0.2, 0) is 11.2 Å². The Hall–Kier alpha value is -0.310. The number of carbonyl (C=O) groups is 1. The van der Waals surface area contributed by atoms with Crippen LogP contribution in [0.25, 0.3) is 0 Å². The maximum absolute atomic E-state index is 11.4. The van der Waals surface area contributed by atoms with Crippen LogP contribution in [0.1, 0.15) is 37.7 Å². The molecule has 1 saturated carbocycles. The Balaban J connectivity index is 0.00000144. The second kappa shape index (κ2) is 6.58. The molecule has 0 saturated heterocycles. The van der Waals surface area contributed by atoms with Crippen molar-refractivity contribution >= 4 is 5.97 Å². The Labute approximate surface area is 125 Å². The maximum Gasteiger partial charge on any atom is 1.00 e. The van der Waals surface area contributed by atoms with E-state index < -0.39 is 11.4 Å². The van der Waals surface area contributed by atoms with Gasteiger partial charge in [0.05, 0.1) is 0 Å². The molecule has 3 heteroatoms. The first kappa shape index (κ1) is 14.7. The third kappa shape index (κ3) is 3.57. The minimum Gasteiger partial charge on any atom is -0.550 e. The van der Waals surface area contributed by atoms with E-state index in [0.717, 1.165) is 37.7 Å². The standard InChI is InChI=1S/C14H18O2.Na/c15-13(16)14(9-5-2-6-10-14)11-12-7-3-1-4-8-12;/h1,3-4,7-8H,2,5-6,9-11H2,(H,15,16);/q;+1/p-1. The SMILES string of the molecule is O=C([O-])C1(Cc2ccccc2)CCCCC1.[Na+]. The molecule has 0 N–H and O–H groups in total. The van der Waals surface area contributed by atoms with Crippen LogP contribution in [0.5, 0.6) is 0 Å². The molecule has 0 amide bonds. The molecule has 0 radical (unpaired) electrons. The van der Waals surface area contributed by atoms with E-state index in [0.29, 0.717) is 6.42 Å². The molecule has 1 aliphatic carbocycles. The van der Waals surface area contributed by atoms with E-state index >= 15 is 0 Å². The van der Waals surface area contributed by atoms with Crippen LogP contribution in [-0.4, -0.2) is 5.97 Å². The van der Waals surface area contributed by atoms with Crippen molar-refractivity contribution in [3.05, 3.63) is 35.9 Å². The summed E-state index contributed by atoms with van der Waals surface area (Å²) < 4.78 is 0. The quantitative estimate of drug-likeness (QED) is 0.631. The second-order valence-electron chi connectivity index (χ2n) is 4.79. The Bertz CT molecular complexity index is 356. The summed E-state index contributed by atoms with van der Waals surface area (Å²) in [6.07, 6.45) is 5.34. The summed E-state index contributed by atoms with van der Waals surface area (Å²) in [4.78, 5) is 11.4. The van der Waals surface area contributed by atoms with Gasteiger partial charge < -0.3 is 9.90 Å². The van der Waals surface area contributed by atoms with Gasteiger partial charge in [0.15, 0.2) is 0 Å². The number of hydrogen-bond donors (Lipinski definition) is 0. The smallest absolute Gasteiger partial charge is 0.550 e. The Kier molecular flexibility index (Phi) is 5.71. The zero-order valence-corrected chi connectivity index (χ0v) is 12.4. The van der Waals surface area contributed by atoms with Crippen LogP contribution in [0.4, 0.5) is 0 Å². The molecule has 0 bridgehead atoms. The Morgan fingerprint density at radius 3 is 2.24 bits per heavy atom. The number of carboxylic acid groups (broad SMARTS) is 1. The van der Waals surface area contributed by atoms with Crippen LogP contribution < -0.4 is 34.7 Å². The molecule has 1 fully saturated rings. The second-order valence-corrected chi connectivity index (χ2v) is 4.79. The fourth-order valence-electron chi connectivity index (χ4n) is 2.67. The third-order valence-electron chi connectivity index (χ3n) is 3.63. The number of hydrogen-bond acceptors (Lipinski definition) is 2. The van der Waals surface area contributed by atoms with Gasteiger partial charge in [-0.15, -0.1) is 0 Å². The summed E-state index contributed by atoms with van der Waals surface area (Å²) in [5, 5.41) is 11.4. The van der Waals surface area contributed by atoms with E-state index in [1.807, 2.05) is 30.3 Å². The molecule has 0 spiro atoms. The number of rotatable bonds is 3. The van der Waals surface area contributed by atoms with Crippen molar-refractivity contribution in [3.8, 4) is 0 Å². The molecule has 1 aromatic rings. The van der Waals surface area contributed by atoms with E-state index in [2.05, 4.69) is 0 Å². The zero-order chi connectivity index (χ0) is 11.4. The largest absolute Gasteiger partial charge is 1.00 e. The van der Waals surface area contributed by atoms with Crippen molar-refractivity contribution in [2.75, 3.05) is 0 Å². The number of benzene rings is 1. The summed E-state index contributed by atoms with van der Waals surface area (Å²) in [5.41, 5.74) is 0.494. The van der Waals surface area contributed by atoms with Crippen molar-refractivity contribution in [3.63, 3.8) is 0 Å². The van der Waals surface area contributed by atoms with Gasteiger partial charge in [-0.3, -0.25) is 0 Å². The Morgan fingerprint density at radius 1 is 1.12 bits per heavy atom. The third-order valence-corrected chi connectivity index (χ3v) is 3.63. The van der Waals surface area contributed by atoms with Gasteiger partial charge in [-0.25, -0.2) is 0 Å². The van der Waals surface area contributed by atoms with Gasteiger partial charge in [-0.1, -0.05) is 49.6 Å². The van der Waals surface area contributed by atoms with Crippen LogP contribution in [0.15, 0.2) is 30.3 Å². The van der Waals surface area contributed by atoms with E-state index in [1.54, 1.807) is 0 Å². The molecule has 0 aliphatic heterocycles. The van der Waals surface area contributed by atoms with Crippen molar-refractivity contribution < 1.29 is 39.5 Å². The fourth-order valence-corrected chi connectivity index (χ4v) is 2.67. The molecule has 0 heterocycles. The average Bonchev–Trinajstić information content (AvgIpc) is 2.31. The van der Waals surface area contributed by atoms with Gasteiger partial charge >= 0.3 is 29.6 Å². The van der Waals surface area contributed by atoms with Gasteiger partial charge in [-0.05, 0) is 24.8 Å². The molecule has 0 unspecified atom stereocenters. The van der Waals surface area contributed by atoms with Crippen molar-refractivity contribution in [2.24, 2.45) is 5.41 Å². The summed E-state index contributed by atoms with van der Waals surface area (Å²) in [7, 11) is 0. The molecule has 2 rings (SSSR count). The summed E-state index contributed by atoms with van der Waals surface area (Å²) >= 11 is 0. The van der Waals surface area contributed by atoms with E-state index in [4.69, 9.17) is 0 Å². The van der Waals surface area contributed by atoms with Crippen LogP contribution in [0.2, 0.25) is 0 Å². The molecular formula is C14H17NaO2. The molecule has 17 heavy (non-hydrogen) atoms. The summed E-state index contributed by atoms with van der Waals surface area (Å²) in [6, 6.07) is 9.87. The first-order valence-electron chi connectivity index (χ1n) is 5.98. The number of carbonyl (C=O) groups excluding carboxylic acids is 1. The van der Waals surface area contributed by atoms with Gasteiger partial charge in [-0.2, -0.15) is 0 Å². The molecule has 1 aliphatic rings. The van der Waals surface area contributed by atoms with E-state index in [9.17, 15) is 9.90 Å². The molecule has 2 nitrogen and oxygen atoms in total. The summed E-state index contributed by atoms with van der Waals surface area (Å²) in [6.45, 7) is 0. The predicted molar refractivity (Wildman–Crippen MR) is 60.7 cm³/mol. The predicted octanol–water partition coefficient (Wildman–Crippen LogP) is -1.07. The summed E-state index contributed by atoms with van der Waals surface area (Å²) in [5.74, 6) is -0.865. The Morgan fingerprint density at radius 2 is 1.71 bits per heavy atom. The van der Waals surface area contributed by atoms with Crippen LogP contribution in [0.3, 0.4) is 0 Å². The normalized spacial score (nSPS) is 18.1. The monoisotopic (exact) mass is 240 g/mol. The zero-order valence-electron chi connectivity index (χ0n) is 10.4. The fraction of sp³-hybridized carbons (Fsp3) is 0.500. The average molecular weight is 240 g/mol. The number of carboxylic acids is 1. The molecule has 86 valence electrons. The van der Waals surface area contributed by atoms with E-state index in [-0.39, 0.29) is 29.6 Å². The molecular weight excluding hydrogens is 223 g/mol. The van der Waals surface area contributed by atoms with Crippen molar-refractivity contribution in [1.29, 1.82) is 0 Å². The minimum absolute atomic E-state index is 0. The molecule has 0 aromatic heterocycles. The van der Waals surface area contributed by atoms with Crippen molar-refractivity contribution in [2.45, 2.75) is 38.5 Å². The number of aliphatic carboxylic acids is 1. The molecule has 1 aromatic carbocycles. The van der Waals surface area contributed by atoms with Gasteiger partial charge in [0, 0.05) is 11.4 Å². The van der Waals surface area contributed by atoms with Crippen LogP contribution >= 0.6 is 0 Å². The molecule has 0 atom stereocenters. The van der Waals surface area contributed by atoms with Crippen LogP contribution in [0, 0.1) is 5.41 Å². The topological polar surface area (TPSA) is 40.1 Å². The van der Waals surface area contributed by atoms with Gasteiger partial charge in [0.2, 0.25) is 0 Å². The first-order chi connectivity index (χ1) is 7.73. The maximum atomic E-state index is 11.4. The van der Waals surface area contributed by atoms with E-state index in [1.165, 1.54) is 0 Å². The van der Waals surface area contributed by atoms with Crippen molar-refractivity contribution in [1.82, 2.24) is 0 Å². The van der Waals surface area contributed by atoms with Gasteiger partial charge in [0.1, 0.15) is 0 Å². The van der Waals surface area contributed by atoms with Gasteiger partial charge in [0.25, 0.3) is 0 Å².